The number of phenolic OH excluding ortho intramolecular Hbond substituents is 1. The molecule has 0 bridgehead atoms. The molecule has 1 rings (SSSR count). The Bertz CT molecular complexity index is 405. The van der Waals surface area contributed by atoms with Crippen molar-refractivity contribution >= 4 is 11.8 Å². The van der Waals surface area contributed by atoms with Crippen LogP contribution in [-0.4, -0.2) is 34.4 Å². The largest absolute Gasteiger partial charge is 0.508 e. The first-order valence-corrected chi connectivity index (χ1v) is 7.46. The highest BCUT2D eigenvalue weighted by atomic mass is 32.2. The number of benzene rings is 1. The zero-order valence-electron chi connectivity index (χ0n) is 11.6. The number of aromatic hydroxyl groups is 1. The molecule has 0 saturated heterocycles. The molecule has 4 heteroatoms. The molecule has 0 heterocycles. The summed E-state index contributed by atoms with van der Waals surface area (Å²) in [5.41, 5.74) is 2.42. The van der Waals surface area contributed by atoms with Gasteiger partial charge in [-0.25, -0.2) is 0 Å². The van der Waals surface area contributed by atoms with Gasteiger partial charge in [0, 0.05) is 24.4 Å². The summed E-state index contributed by atoms with van der Waals surface area (Å²) in [6.07, 6.45) is 1.98. The summed E-state index contributed by atoms with van der Waals surface area (Å²) in [6.45, 7) is 6.91. The molecule has 0 aromatic heterocycles. The lowest BCUT2D eigenvalue weighted by Gasteiger charge is -2.22. The van der Waals surface area contributed by atoms with Gasteiger partial charge in [0.2, 0.25) is 0 Å². The zero-order valence-corrected chi connectivity index (χ0v) is 12.4. The van der Waals surface area contributed by atoms with E-state index in [1.807, 2.05) is 33.1 Å². The van der Waals surface area contributed by atoms with Gasteiger partial charge in [0.15, 0.2) is 0 Å². The quantitative estimate of drug-likeness (QED) is 0.741. The smallest absolute Gasteiger partial charge is 0.120 e. The minimum Gasteiger partial charge on any atom is -0.508 e. The molecule has 0 spiro atoms. The maximum absolute atomic E-state index is 10.0. The van der Waals surface area contributed by atoms with Crippen molar-refractivity contribution < 1.29 is 10.2 Å². The standard InChI is InChI=1S/C14H23NO2S/c1-10-5-12(13(16)6-11(10)2)7-15-8-14(3,17)9-18-4/h5-6,15-17H,7-9H2,1-4H3. The van der Waals surface area contributed by atoms with Gasteiger partial charge < -0.3 is 15.5 Å². The molecule has 1 aromatic carbocycles. The first kappa shape index (κ1) is 15.3. The molecule has 3 N–H and O–H groups in total. The predicted molar refractivity (Wildman–Crippen MR) is 78.3 cm³/mol. The predicted octanol–water partition coefficient (Wildman–Crippen LogP) is 2.21. The Hall–Kier alpha value is -0.710. The van der Waals surface area contributed by atoms with Gasteiger partial charge in [0.25, 0.3) is 0 Å². The van der Waals surface area contributed by atoms with Crippen molar-refractivity contribution in [3.8, 4) is 5.75 Å². The molecule has 18 heavy (non-hydrogen) atoms. The normalized spacial score (nSPS) is 14.5. The molecule has 1 atom stereocenters. The Morgan fingerprint density at radius 1 is 1.28 bits per heavy atom. The highest BCUT2D eigenvalue weighted by Crippen LogP contribution is 2.21. The minimum atomic E-state index is -0.714. The Kier molecular flexibility index (Phi) is 5.50. The highest BCUT2D eigenvalue weighted by Gasteiger charge is 2.18. The highest BCUT2D eigenvalue weighted by molar-refractivity contribution is 7.98. The van der Waals surface area contributed by atoms with Crippen molar-refractivity contribution in [2.45, 2.75) is 32.9 Å². The maximum Gasteiger partial charge on any atom is 0.120 e. The van der Waals surface area contributed by atoms with Crippen LogP contribution in [0, 0.1) is 13.8 Å². The van der Waals surface area contributed by atoms with Crippen molar-refractivity contribution in [2.24, 2.45) is 0 Å². The summed E-state index contributed by atoms with van der Waals surface area (Å²) >= 11 is 1.62. The summed E-state index contributed by atoms with van der Waals surface area (Å²) in [5.74, 6) is 1.01. The van der Waals surface area contributed by atoms with E-state index < -0.39 is 5.60 Å². The Labute approximate surface area is 114 Å². The van der Waals surface area contributed by atoms with E-state index in [4.69, 9.17) is 0 Å². The summed E-state index contributed by atoms with van der Waals surface area (Å²) in [7, 11) is 0. The number of phenols is 1. The van der Waals surface area contributed by atoms with Crippen molar-refractivity contribution in [2.75, 3.05) is 18.6 Å². The lowest BCUT2D eigenvalue weighted by Crippen LogP contribution is -2.39. The molecule has 1 unspecified atom stereocenters. The molecule has 3 nitrogen and oxygen atoms in total. The van der Waals surface area contributed by atoms with Crippen LogP contribution in [-0.2, 0) is 6.54 Å². The van der Waals surface area contributed by atoms with Crippen LogP contribution in [0.2, 0.25) is 0 Å². The molecule has 0 saturated carbocycles. The summed E-state index contributed by atoms with van der Waals surface area (Å²) in [6, 6.07) is 3.77. The van der Waals surface area contributed by atoms with Gasteiger partial charge in [0.05, 0.1) is 5.60 Å². The number of hydrogen-bond acceptors (Lipinski definition) is 4. The fourth-order valence-corrected chi connectivity index (χ4v) is 2.55. The van der Waals surface area contributed by atoms with Crippen LogP contribution in [0.1, 0.15) is 23.6 Å². The third kappa shape index (κ3) is 4.52. The second kappa shape index (κ2) is 6.45. The molecule has 0 aliphatic rings. The van der Waals surface area contributed by atoms with E-state index in [2.05, 4.69) is 5.32 Å². The van der Waals surface area contributed by atoms with E-state index in [1.165, 1.54) is 5.56 Å². The van der Waals surface area contributed by atoms with Crippen LogP contribution in [0.25, 0.3) is 0 Å². The van der Waals surface area contributed by atoms with E-state index >= 15 is 0 Å². The number of aliphatic hydroxyl groups is 1. The first-order chi connectivity index (χ1) is 8.35. The van der Waals surface area contributed by atoms with E-state index in [0.29, 0.717) is 24.6 Å². The van der Waals surface area contributed by atoms with Crippen molar-refractivity contribution in [1.82, 2.24) is 5.32 Å². The van der Waals surface area contributed by atoms with E-state index in [-0.39, 0.29) is 0 Å². The average Bonchev–Trinajstić information content (AvgIpc) is 2.25. The van der Waals surface area contributed by atoms with E-state index in [1.54, 1.807) is 17.8 Å². The fourth-order valence-electron chi connectivity index (χ4n) is 1.83. The summed E-state index contributed by atoms with van der Waals surface area (Å²) in [5, 5.41) is 23.0. The van der Waals surface area contributed by atoms with Gasteiger partial charge in [-0.05, 0) is 44.2 Å². The van der Waals surface area contributed by atoms with Crippen molar-refractivity contribution in [1.29, 1.82) is 0 Å². The Balaban J connectivity index is 2.57. The third-order valence-corrected chi connectivity index (χ3v) is 3.88. The van der Waals surface area contributed by atoms with E-state index in [9.17, 15) is 10.2 Å². The van der Waals surface area contributed by atoms with Crippen LogP contribution in [0.15, 0.2) is 12.1 Å². The Morgan fingerprint density at radius 3 is 2.50 bits per heavy atom. The molecular weight excluding hydrogens is 246 g/mol. The maximum atomic E-state index is 10.0. The molecular formula is C14H23NO2S. The molecule has 0 aliphatic carbocycles. The summed E-state index contributed by atoms with van der Waals surface area (Å²) in [4.78, 5) is 0. The minimum absolute atomic E-state index is 0.315. The molecule has 0 amide bonds. The van der Waals surface area contributed by atoms with Crippen LogP contribution in [0.4, 0.5) is 0 Å². The number of aryl methyl sites for hydroxylation is 2. The molecule has 102 valence electrons. The van der Waals surface area contributed by atoms with Crippen molar-refractivity contribution in [3.05, 3.63) is 28.8 Å². The van der Waals surface area contributed by atoms with Gasteiger partial charge in [-0.15, -0.1) is 0 Å². The number of nitrogens with one attached hydrogen (secondary N) is 1. The second-order valence-corrected chi connectivity index (χ2v) is 5.96. The number of hydrogen-bond donors (Lipinski definition) is 3. The SMILES string of the molecule is CSCC(C)(O)CNCc1cc(C)c(C)cc1O. The van der Waals surface area contributed by atoms with Gasteiger partial charge in [-0.3, -0.25) is 0 Å². The van der Waals surface area contributed by atoms with E-state index in [0.717, 1.165) is 11.1 Å². The monoisotopic (exact) mass is 269 g/mol. The zero-order chi connectivity index (χ0) is 13.8. The van der Waals surface area contributed by atoms with Gasteiger partial charge >= 0.3 is 0 Å². The van der Waals surface area contributed by atoms with Crippen LogP contribution >= 0.6 is 11.8 Å². The van der Waals surface area contributed by atoms with Crippen molar-refractivity contribution in [3.63, 3.8) is 0 Å². The average molecular weight is 269 g/mol. The molecule has 0 fully saturated rings. The number of rotatable bonds is 6. The lowest BCUT2D eigenvalue weighted by atomic mass is 10.0. The van der Waals surface area contributed by atoms with Crippen LogP contribution in [0.5, 0.6) is 5.75 Å². The topological polar surface area (TPSA) is 52.5 Å². The Morgan fingerprint density at radius 2 is 1.89 bits per heavy atom. The third-order valence-electron chi connectivity index (χ3n) is 2.97. The molecule has 0 aliphatic heterocycles. The first-order valence-electron chi connectivity index (χ1n) is 6.07. The van der Waals surface area contributed by atoms with Gasteiger partial charge in [-0.1, -0.05) is 6.07 Å². The lowest BCUT2D eigenvalue weighted by molar-refractivity contribution is 0.0845. The second-order valence-electron chi connectivity index (χ2n) is 5.10. The number of thioether (sulfide) groups is 1. The summed E-state index contributed by atoms with van der Waals surface area (Å²) < 4.78 is 0. The molecule has 0 radical (unpaired) electrons. The van der Waals surface area contributed by atoms with Crippen LogP contribution < -0.4 is 5.32 Å². The molecule has 1 aromatic rings. The fraction of sp³-hybridized carbons (Fsp3) is 0.571. The van der Waals surface area contributed by atoms with Gasteiger partial charge in [-0.2, -0.15) is 11.8 Å². The van der Waals surface area contributed by atoms with Gasteiger partial charge in [0.1, 0.15) is 5.75 Å². The van der Waals surface area contributed by atoms with Crippen LogP contribution in [0.3, 0.4) is 0 Å².